The predicted molar refractivity (Wildman–Crippen MR) is 71.3 cm³/mol. The molecule has 0 atom stereocenters. The maximum atomic E-state index is 11.0. The van der Waals surface area contributed by atoms with Gasteiger partial charge >= 0.3 is 5.69 Å². The molecule has 7 nitrogen and oxygen atoms in total. The molecule has 2 rings (SSSR count). The first kappa shape index (κ1) is 13.3. The molecule has 1 aromatic heterocycles. The molecule has 0 aliphatic carbocycles. The summed E-state index contributed by atoms with van der Waals surface area (Å²) in [6.45, 7) is 1.77. The van der Waals surface area contributed by atoms with Gasteiger partial charge in [0.1, 0.15) is 11.8 Å². The minimum Gasteiger partial charge on any atom is -0.433 e. The second kappa shape index (κ2) is 5.24. The third-order valence-electron chi connectivity index (χ3n) is 2.56. The molecule has 0 saturated carbocycles. The molecule has 0 amide bonds. The first-order chi connectivity index (χ1) is 9.51. The number of rotatable bonds is 3. The highest BCUT2D eigenvalue weighted by atomic mass is 16.6. The Labute approximate surface area is 114 Å². The lowest BCUT2D eigenvalue weighted by Crippen LogP contribution is -1.98. The second-order valence-corrected chi connectivity index (χ2v) is 4.04. The lowest BCUT2D eigenvalue weighted by molar-refractivity contribution is -0.386. The number of hydrogen-bond donors (Lipinski definition) is 1. The van der Waals surface area contributed by atoms with Gasteiger partial charge in [-0.15, -0.1) is 0 Å². The summed E-state index contributed by atoms with van der Waals surface area (Å²) in [5, 5.41) is 19.7. The van der Waals surface area contributed by atoms with Crippen molar-refractivity contribution < 1.29 is 9.66 Å². The first-order valence-electron chi connectivity index (χ1n) is 5.60. The van der Waals surface area contributed by atoms with Crippen LogP contribution < -0.4 is 10.5 Å². The van der Waals surface area contributed by atoms with Gasteiger partial charge in [-0.2, -0.15) is 5.26 Å². The van der Waals surface area contributed by atoms with Gasteiger partial charge in [0.05, 0.1) is 10.5 Å². The van der Waals surface area contributed by atoms with E-state index in [4.69, 9.17) is 15.7 Å². The van der Waals surface area contributed by atoms with E-state index in [2.05, 4.69) is 4.98 Å². The van der Waals surface area contributed by atoms with Gasteiger partial charge in [-0.1, -0.05) is 0 Å². The molecule has 20 heavy (non-hydrogen) atoms. The van der Waals surface area contributed by atoms with E-state index in [1.54, 1.807) is 31.2 Å². The maximum absolute atomic E-state index is 11.0. The van der Waals surface area contributed by atoms with Crippen molar-refractivity contribution in [2.75, 3.05) is 5.73 Å². The SMILES string of the molecule is Cc1cc(N)ccc1Oc1ncc(C#N)cc1[N+](=O)[O-]. The van der Waals surface area contributed by atoms with E-state index in [9.17, 15) is 10.1 Å². The fourth-order valence-electron chi connectivity index (χ4n) is 1.60. The predicted octanol–water partition coefficient (Wildman–Crippen LogP) is 2.54. The number of nitriles is 1. The van der Waals surface area contributed by atoms with E-state index >= 15 is 0 Å². The van der Waals surface area contributed by atoms with Gasteiger partial charge in [0.2, 0.25) is 0 Å². The molecule has 2 aromatic rings. The van der Waals surface area contributed by atoms with E-state index in [-0.39, 0.29) is 17.1 Å². The highest BCUT2D eigenvalue weighted by molar-refractivity contribution is 5.51. The third-order valence-corrected chi connectivity index (χ3v) is 2.56. The fraction of sp³-hybridized carbons (Fsp3) is 0.0769. The largest absolute Gasteiger partial charge is 0.433 e. The number of aryl methyl sites for hydroxylation is 1. The Kier molecular flexibility index (Phi) is 3.48. The van der Waals surface area contributed by atoms with Crippen molar-refractivity contribution in [3.8, 4) is 17.7 Å². The zero-order chi connectivity index (χ0) is 14.7. The Bertz CT molecular complexity index is 722. The van der Waals surface area contributed by atoms with Crippen molar-refractivity contribution in [2.24, 2.45) is 0 Å². The number of ether oxygens (including phenoxy) is 1. The Hall–Kier alpha value is -3.14. The van der Waals surface area contributed by atoms with Crippen LogP contribution in [0, 0.1) is 28.4 Å². The molecular formula is C13H10N4O3. The van der Waals surface area contributed by atoms with Crippen LogP contribution in [0.4, 0.5) is 11.4 Å². The molecule has 1 heterocycles. The van der Waals surface area contributed by atoms with E-state index in [1.165, 1.54) is 6.20 Å². The average molecular weight is 270 g/mol. The van der Waals surface area contributed by atoms with Gasteiger partial charge in [-0.05, 0) is 30.7 Å². The van der Waals surface area contributed by atoms with Gasteiger partial charge in [0.15, 0.2) is 0 Å². The number of anilines is 1. The van der Waals surface area contributed by atoms with Crippen LogP contribution in [0.2, 0.25) is 0 Å². The van der Waals surface area contributed by atoms with Gasteiger partial charge in [-0.3, -0.25) is 10.1 Å². The molecule has 0 unspecified atom stereocenters. The lowest BCUT2D eigenvalue weighted by atomic mass is 10.2. The standard InChI is InChI=1S/C13H10N4O3/c1-8-4-10(15)2-3-12(8)20-13-11(17(18)19)5-9(6-14)7-16-13/h2-5,7H,15H2,1H3. The Morgan fingerprint density at radius 3 is 2.80 bits per heavy atom. The van der Waals surface area contributed by atoms with E-state index in [0.717, 1.165) is 11.6 Å². The van der Waals surface area contributed by atoms with Crippen molar-refractivity contribution >= 4 is 11.4 Å². The van der Waals surface area contributed by atoms with Gasteiger partial charge in [0, 0.05) is 18.0 Å². The number of benzene rings is 1. The van der Waals surface area contributed by atoms with Crippen LogP contribution >= 0.6 is 0 Å². The maximum Gasteiger partial charge on any atom is 0.332 e. The van der Waals surface area contributed by atoms with Crippen LogP contribution in [0.15, 0.2) is 30.5 Å². The molecule has 0 aliphatic rings. The molecule has 0 fully saturated rings. The third kappa shape index (κ3) is 2.64. The van der Waals surface area contributed by atoms with Crippen LogP contribution in [-0.2, 0) is 0 Å². The lowest BCUT2D eigenvalue weighted by Gasteiger charge is -2.08. The van der Waals surface area contributed by atoms with Crippen LogP contribution in [-0.4, -0.2) is 9.91 Å². The zero-order valence-corrected chi connectivity index (χ0v) is 10.5. The van der Waals surface area contributed by atoms with Crippen LogP contribution in [0.5, 0.6) is 11.6 Å². The number of nitrogens with two attached hydrogens (primary N) is 1. The van der Waals surface area contributed by atoms with Gasteiger partial charge in [-0.25, -0.2) is 4.98 Å². The van der Waals surface area contributed by atoms with Gasteiger partial charge < -0.3 is 10.5 Å². The minimum atomic E-state index is -0.643. The minimum absolute atomic E-state index is 0.0954. The molecule has 100 valence electrons. The van der Waals surface area contributed by atoms with Crippen LogP contribution in [0.25, 0.3) is 0 Å². The number of hydrogen-bond acceptors (Lipinski definition) is 6. The summed E-state index contributed by atoms with van der Waals surface area (Å²) in [6.07, 6.45) is 1.22. The average Bonchev–Trinajstić information content (AvgIpc) is 2.42. The molecule has 2 N–H and O–H groups in total. The number of nitrogen functional groups attached to an aromatic ring is 1. The topological polar surface area (TPSA) is 115 Å². The van der Waals surface area contributed by atoms with E-state index in [0.29, 0.717) is 11.4 Å². The van der Waals surface area contributed by atoms with Crippen molar-refractivity contribution in [2.45, 2.75) is 6.92 Å². The Morgan fingerprint density at radius 2 is 2.20 bits per heavy atom. The van der Waals surface area contributed by atoms with Crippen molar-refractivity contribution in [3.05, 3.63) is 51.7 Å². The fourth-order valence-corrected chi connectivity index (χ4v) is 1.60. The number of nitro groups is 1. The molecule has 0 saturated heterocycles. The highest BCUT2D eigenvalue weighted by Crippen LogP contribution is 2.31. The number of aromatic nitrogens is 1. The quantitative estimate of drug-likeness (QED) is 0.520. The smallest absolute Gasteiger partial charge is 0.332 e. The molecule has 0 spiro atoms. The zero-order valence-electron chi connectivity index (χ0n) is 10.5. The summed E-state index contributed by atoms with van der Waals surface area (Å²) in [5.41, 5.74) is 6.65. The normalized spacial score (nSPS) is 9.80. The molecule has 1 aromatic carbocycles. The summed E-state index contributed by atoms with van der Waals surface area (Å²) >= 11 is 0. The first-order valence-corrected chi connectivity index (χ1v) is 5.60. The highest BCUT2D eigenvalue weighted by Gasteiger charge is 2.19. The molecule has 0 radical (unpaired) electrons. The molecule has 0 aliphatic heterocycles. The summed E-state index contributed by atoms with van der Waals surface area (Å²) in [4.78, 5) is 14.1. The number of pyridine rings is 1. The molecule has 0 bridgehead atoms. The van der Waals surface area contributed by atoms with Crippen molar-refractivity contribution in [1.29, 1.82) is 5.26 Å². The van der Waals surface area contributed by atoms with Gasteiger partial charge in [0.25, 0.3) is 5.88 Å². The van der Waals surface area contributed by atoms with E-state index in [1.807, 2.05) is 0 Å². The van der Waals surface area contributed by atoms with Crippen LogP contribution in [0.3, 0.4) is 0 Å². The summed E-state index contributed by atoms with van der Waals surface area (Å²) in [7, 11) is 0. The number of nitrogens with zero attached hydrogens (tertiary/aromatic N) is 3. The summed E-state index contributed by atoms with van der Waals surface area (Å²) < 4.78 is 5.44. The summed E-state index contributed by atoms with van der Waals surface area (Å²) in [6, 6.07) is 7.83. The second-order valence-electron chi connectivity index (χ2n) is 4.04. The Balaban J connectivity index is 2.43. The molecule has 7 heteroatoms. The van der Waals surface area contributed by atoms with Crippen molar-refractivity contribution in [1.82, 2.24) is 4.98 Å². The van der Waals surface area contributed by atoms with Crippen molar-refractivity contribution in [3.63, 3.8) is 0 Å². The molecular weight excluding hydrogens is 260 g/mol. The summed E-state index contributed by atoms with van der Waals surface area (Å²) in [5.74, 6) is 0.251. The Morgan fingerprint density at radius 1 is 1.45 bits per heavy atom. The van der Waals surface area contributed by atoms with Crippen LogP contribution in [0.1, 0.15) is 11.1 Å². The monoisotopic (exact) mass is 270 g/mol. The van der Waals surface area contributed by atoms with E-state index < -0.39 is 4.92 Å².